The van der Waals surface area contributed by atoms with E-state index in [4.69, 9.17) is 9.47 Å². The Balaban J connectivity index is 1.46. The van der Waals surface area contributed by atoms with Crippen molar-refractivity contribution < 1.29 is 19.1 Å². The normalized spacial score (nSPS) is 10.8. The molecule has 0 aromatic heterocycles. The predicted octanol–water partition coefficient (Wildman–Crippen LogP) is 8.82. The Morgan fingerprint density at radius 3 is 1.73 bits per heavy atom. The van der Waals surface area contributed by atoms with E-state index in [-0.39, 0.29) is 5.97 Å². The van der Waals surface area contributed by atoms with Crippen molar-refractivity contribution in [1.82, 2.24) is 0 Å². The van der Waals surface area contributed by atoms with Crippen molar-refractivity contribution in [2.24, 2.45) is 0 Å². The zero-order chi connectivity index (χ0) is 26.3. The molecule has 0 radical (unpaired) electrons. The van der Waals surface area contributed by atoms with E-state index in [9.17, 15) is 9.59 Å². The van der Waals surface area contributed by atoms with Gasteiger partial charge >= 0.3 is 11.9 Å². The van der Waals surface area contributed by atoms with Gasteiger partial charge in [-0.2, -0.15) is 0 Å². The molecule has 0 amide bonds. The van der Waals surface area contributed by atoms with Crippen LogP contribution in [0.3, 0.4) is 0 Å². The lowest BCUT2D eigenvalue weighted by Gasteiger charge is -2.08. The van der Waals surface area contributed by atoms with E-state index < -0.39 is 5.97 Å². The van der Waals surface area contributed by atoms with Crippen molar-refractivity contribution in [2.45, 2.75) is 78.1 Å². The lowest BCUT2D eigenvalue weighted by atomic mass is 10.0. The molecule has 0 aliphatic heterocycles. The Hall–Kier alpha value is -3.40. The summed E-state index contributed by atoms with van der Waals surface area (Å²) in [5.74, 6) is -0.396. The highest BCUT2D eigenvalue weighted by atomic mass is 16.5. The van der Waals surface area contributed by atoms with Crippen LogP contribution in [0.5, 0.6) is 5.75 Å². The van der Waals surface area contributed by atoms with E-state index in [2.05, 4.69) is 38.1 Å². The Bertz CT molecular complexity index is 1080. The molecule has 0 aliphatic rings. The van der Waals surface area contributed by atoms with Gasteiger partial charge in [-0.1, -0.05) is 95.2 Å². The number of aryl methyl sites for hydroxylation is 1. The van der Waals surface area contributed by atoms with Gasteiger partial charge in [0.2, 0.25) is 0 Å². The zero-order valence-electron chi connectivity index (χ0n) is 22.3. The minimum absolute atomic E-state index is 0.351. The van der Waals surface area contributed by atoms with Crippen LogP contribution in [0.4, 0.5) is 0 Å². The molecule has 0 atom stereocenters. The average Bonchev–Trinajstić information content (AvgIpc) is 2.93. The van der Waals surface area contributed by atoms with Gasteiger partial charge in [-0.05, 0) is 72.4 Å². The van der Waals surface area contributed by atoms with Gasteiger partial charge in [0.1, 0.15) is 5.75 Å². The highest BCUT2D eigenvalue weighted by Gasteiger charge is 2.11. The van der Waals surface area contributed by atoms with Crippen LogP contribution in [0.1, 0.15) is 97.9 Å². The summed E-state index contributed by atoms with van der Waals surface area (Å²) in [6.07, 6.45) is 11.7. The van der Waals surface area contributed by atoms with Crippen LogP contribution in [0.15, 0.2) is 72.8 Å². The Morgan fingerprint density at radius 1 is 0.568 bits per heavy atom. The second-order valence-electron chi connectivity index (χ2n) is 9.55. The van der Waals surface area contributed by atoms with Crippen LogP contribution in [0, 0.1) is 0 Å². The molecule has 3 aromatic carbocycles. The van der Waals surface area contributed by atoms with Gasteiger partial charge in [-0.15, -0.1) is 0 Å². The maximum atomic E-state index is 12.6. The van der Waals surface area contributed by atoms with Crippen molar-refractivity contribution in [2.75, 3.05) is 6.61 Å². The second-order valence-corrected chi connectivity index (χ2v) is 9.55. The molecule has 0 bridgehead atoms. The highest BCUT2D eigenvalue weighted by molar-refractivity contribution is 5.92. The van der Waals surface area contributed by atoms with Gasteiger partial charge in [0, 0.05) is 0 Å². The first-order valence-corrected chi connectivity index (χ1v) is 13.8. The molecule has 0 aliphatic carbocycles. The van der Waals surface area contributed by atoms with Crippen LogP contribution in [0.25, 0.3) is 11.1 Å². The molecule has 3 rings (SSSR count). The van der Waals surface area contributed by atoms with E-state index in [0.717, 1.165) is 30.4 Å². The molecular formula is C33H40O4. The zero-order valence-corrected chi connectivity index (χ0v) is 22.3. The fourth-order valence-corrected chi connectivity index (χ4v) is 4.20. The van der Waals surface area contributed by atoms with Crippen molar-refractivity contribution in [3.8, 4) is 16.9 Å². The van der Waals surface area contributed by atoms with Crippen molar-refractivity contribution in [3.05, 3.63) is 89.5 Å². The number of benzene rings is 3. The topological polar surface area (TPSA) is 52.6 Å². The minimum atomic E-state index is -0.434. The monoisotopic (exact) mass is 500 g/mol. The van der Waals surface area contributed by atoms with Crippen LogP contribution < -0.4 is 4.74 Å². The Morgan fingerprint density at radius 2 is 1.08 bits per heavy atom. The number of hydrogen-bond acceptors (Lipinski definition) is 4. The van der Waals surface area contributed by atoms with E-state index in [1.54, 1.807) is 36.4 Å². The molecule has 37 heavy (non-hydrogen) atoms. The third-order valence-corrected chi connectivity index (χ3v) is 6.51. The second kappa shape index (κ2) is 15.7. The van der Waals surface area contributed by atoms with Crippen molar-refractivity contribution >= 4 is 11.9 Å². The standard InChI is InChI=1S/C33H40O4/c1-3-5-7-8-9-11-25-36-32(34)29-21-23-31(24-22-29)37-33(35)30-19-17-28(18-20-30)27-15-13-26(14-16-27)12-10-6-4-2/h13-24H,3-12,25H2,1-2H3. The lowest BCUT2D eigenvalue weighted by molar-refractivity contribution is 0.0497. The third kappa shape index (κ3) is 9.53. The summed E-state index contributed by atoms with van der Waals surface area (Å²) in [6, 6.07) is 22.6. The first-order valence-electron chi connectivity index (χ1n) is 13.8. The van der Waals surface area contributed by atoms with Crippen LogP contribution in [0.2, 0.25) is 0 Å². The summed E-state index contributed by atoms with van der Waals surface area (Å²) < 4.78 is 10.9. The summed E-state index contributed by atoms with van der Waals surface area (Å²) in [6.45, 7) is 4.84. The number of unbranched alkanes of at least 4 members (excludes halogenated alkanes) is 7. The molecule has 0 heterocycles. The number of carbonyl (C=O) groups is 2. The number of rotatable bonds is 15. The lowest BCUT2D eigenvalue weighted by Crippen LogP contribution is -2.09. The smallest absolute Gasteiger partial charge is 0.343 e. The third-order valence-electron chi connectivity index (χ3n) is 6.51. The fourth-order valence-electron chi connectivity index (χ4n) is 4.20. The molecule has 4 heteroatoms. The maximum absolute atomic E-state index is 12.6. The summed E-state index contributed by atoms with van der Waals surface area (Å²) in [7, 11) is 0. The summed E-state index contributed by atoms with van der Waals surface area (Å²) >= 11 is 0. The van der Waals surface area contributed by atoms with Crippen LogP contribution in [-0.4, -0.2) is 18.5 Å². The van der Waals surface area contributed by atoms with E-state index in [0.29, 0.717) is 23.5 Å². The maximum Gasteiger partial charge on any atom is 0.343 e. The number of ether oxygens (including phenoxy) is 2. The Kier molecular flexibility index (Phi) is 11.9. The Labute approximate surface area is 222 Å². The molecule has 0 unspecified atom stereocenters. The molecule has 0 saturated carbocycles. The van der Waals surface area contributed by atoms with Gasteiger partial charge < -0.3 is 9.47 Å². The number of hydrogen-bond donors (Lipinski definition) is 0. The van der Waals surface area contributed by atoms with Gasteiger partial charge in [0.05, 0.1) is 17.7 Å². The van der Waals surface area contributed by atoms with Gasteiger partial charge in [0.25, 0.3) is 0 Å². The molecule has 4 nitrogen and oxygen atoms in total. The fraction of sp³-hybridized carbons (Fsp3) is 0.394. The van der Waals surface area contributed by atoms with Gasteiger partial charge in [-0.3, -0.25) is 0 Å². The average molecular weight is 501 g/mol. The largest absolute Gasteiger partial charge is 0.462 e. The molecule has 0 saturated heterocycles. The molecule has 0 spiro atoms. The first-order chi connectivity index (χ1) is 18.1. The number of esters is 2. The molecule has 3 aromatic rings. The molecule has 0 fully saturated rings. The van der Waals surface area contributed by atoms with Crippen molar-refractivity contribution in [3.63, 3.8) is 0 Å². The summed E-state index contributed by atoms with van der Waals surface area (Å²) in [4.78, 5) is 24.8. The van der Waals surface area contributed by atoms with E-state index >= 15 is 0 Å². The van der Waals surface area contributed by atoms with Crippen LogP contribution >= 0.6 is 0 Å². The van der Waals surface area contributed by atoms with Crippen LogP contribution in [-0.2, 0) is 11.2 Å². The molecular weight excluding hydrogens is 460 g/mol. The van der Waals surface area contributed by atoms with Gasteiger partial charge in [0.15, 0.2) is 0 Å². The van der Waals surface area contributed by atoms with Crippen molar-refractivity contribution in [1.29, 1.82) is 0 Å². The quantitative estimate of drug-likeness (QED) is 0.119. The highest BCUT2D eigenvalue weighted by Crippen LogP contribution is 2.22. The SMILES string of the molecule is CCCCCCCCOC(=O)c1ccc(OC(=O)c2ccc(-c3ccc(CCCCC)cc3)cc2)cc1. The summed E-state index contributed by atoms with van der Waals surface area (Å²) in [5, 5.41) is 0. The number of carbonyl (C=O) groups excluding carboxylic acids is 2. The summed E-state index contributed by atoms with van der Waals surface area (Å²) in [5.41, 5.74) is 4.46. The van der Waals surface area contributed by atoms with Gasteiger partial charge in [-0.25, -0.2) is 9.59 Å². The minimum Gasteiger partial charge on any atom is -0.462 e. The van der Waals surface area contributed by atoms with E-state index in [1.165, 1.54) is 50.5 Å². The van der Waals surface area contributed by atoms with E-state index in [1.807, 2.05) is 12.1 Å². The molecule has 196 valence electrons. The predicted molar refractivity (Wildman–Crippen MR) is 150 cm³/mol. The first kappa shape index (κ1) is 28.2. The molecule has 0 N–H and O–H groups in total.